The van der Waals surface area contributed by atoms with Crippen molar-refractivity contribution in [2.45, 2.75) is 13.5 Å². The van der Waals surface area contributed by atoms with E-state index in [4.69, 9.17) is 5.11 Å². The highest BCUT2D eigenvalue weighted by atomic mass is 32.1. The van der Waals surface area contributed by atoms with Gasteiger partial charge in [-0.1, -0.05) is 12.1 Å². The minimum Gasteiger partial charge on any atom is -0.478 e. The van der Waals surface area contributed by atoms with Crippen molar-refractivity contribution in [3.63, 3.8) is 0 Å². The lowest BCUT2D eigenvalue weighted by Crippen LogP contribution is -2.28. The highest BCUT2D eigenvalue weighted by Crippen LogP contribution is 2.14. The number of nitrogens with zero attached hydrogens (tertiary/aromatic N) is 1. The number of benzene rings is 1. The van der Waals surface area contributed by atoms with Gasteiger partial charge in [0.25, 0.3) is 0 Å². The van der Waals surface area contributed by atoms with Crippen LogP contribution >= 0.6 is 11.3 Å². The Kier molecular flexibility index (Phi) is 4.31. The second kappa shape index (κ2) is 6.16. The van der Waals surface area contributed by atoms with Crippen LogP contribution < -0.4 is 10.6 Å². The summed E-state index contributed by atoms with van der Waals surface area (Å²) in [6.07, 6.45) is 0. The van der Waals surface area contributed by atoms with Crippen LogP contribution in [0, 0.1) is 6.92 Å². The summed E-state index contributed by atoms with van der Waals surface area (Å²) in [4.78, 5) is 26.4. The van der Waals surface area contributed by atoms with E-state index in [0.29, 0.717) is 11.7 Å². The number of anilines is 1. The first-order valence-corrected chi connectivity index (χ1v) is 6.72. The monoisotopic (exact) mass is 291 g/mol. The number of aromatic nitrogens is 1. The SMILES string of the molecule is Cc1csc(NC(=O)NCc2ccc(C(=O)O)cc2)n1. The molecule has 2 amide bonds. The molecule has 0 bridgehead atoms. The molecule has 0 aliphatic carbocycles. The molecule has 0 radical (unpaired) electrons. The number of thiazole rings is 1. The largest absolute Gasteiger partial charge is 0.478 e. The zero-order valence-electron chi connectivity index (χ0n) is 10.7. The van der Waals surface area contributed by atoms with Crippen LogP contribution in [0.3, 0.4) is 0 Å². The van der Waals surface area contributed by atoms with Gasteiger partial charge in [0, 0.05) is 11.9 Å². The third-order valence-corrected chi connectivity index (χ3v) is 3.37. The first kappa shape index (κ1) is 14.0. The van der Waals surface area contributed by atoms with Gasteiger partial charge in [0.1, 0.15) is 0 Å². The van der Waals surface area contributed by atoms with Gasteiger partial charge in [-0.15, -0.1) is 11.3 Å². The molecule has 20 heavy (non-hydrogen) atoms. The van der Waals surface area contributed by atoms with Gasteiger partial charge in [-0.2, -0.15) is 0 Å². The number of aromatic carboxylic acids is 1. The van der Waals surface area contributed by atoms with Crippen LogP contribution in [-0.4, -0.2) is 22.1 Å². The van der Waals surface area contributed by atoms with Crippen LogP contribution in [0.15, 0.2) is 29.6 Å². The van der Waals surface area contributed by atoms with Crippen molar-refractivity contribution >= 4 is 28.5 Å². The number of amides is 2. The van der Waals surface area contributed by atoms with Crippen molar-refractivity contribution in [3.05, 3.63) is 46.5 Å². The first-order valence-electron chi connectivity index (χ1n) is 5.84. The summed E-state index contributed by atoms with van der Waals surface area (Å²) in [5.74, 6) is -0.971. The van der Waals surface area contributed by atoms with Gasteiger partial charge in [-0.25, -0.2) is 14.6 Å². The highest BCUT2D eigenvalue weighted by Gasteiger charge is 2.05. The molecule has 0 aliphatic rings. The molecule has 1 aromatic heterocycles. The third-order valence-electron chi connectivity index (χ3n) is 2.49. The highest BCUT2D eigenvalue weighted by molar-refractivity contribution is 7.13. The number of rotatable bonds is 4. The number of urea groups is 1. The first-order chi connectivity index (χ1) is 9.54. The lowest BCUT2D eigenvalue weighted by Gasteiger charge is -2.05. The molecule has 7 heteroatoms. The molecule has 2 rings (SSSR count). The van der Waals surface area contributed by atoms with E-state index in [1.54, 1.807) is 12.1 Å². The van der Waals surface area contributed by atoms with E-state index in [2.05, 4.69) is 15.6 Å². The standard InChI is InChI=1S/C13H13N3O3S/c1-8-7-20-13(15-8)16-12(19)14-6-9-2-4-10(5-3-9)11(17)18/h2-5,7H,6H2,1H3,(H,17,18)(H2,14,15,16,19). The average molecular weight is 291 g/mol. The van der Waals surface area contributed by atoms with Crippen molar-refractivity contribution < 1.29 is 14.7 Å². The Bertz CT molecular complexity index is 622. The van der Waals surface area contributed by atoms with Crippen LogP contribution in [0.2, 0.25) is 0 Å². The van der Waals surface area contributed by atoms with Gasteiger partial charge in [0.2, 0.25) is 0 Å². The zero-order valence-corrected chi connectivity index (χ0v) is 11.5. The summed E-state index contributed by atoms with van der Waals surface area (Å²) in [5.41, 5.74) is 1.89. The molecule has 0 unspecified atom stereocenters. The Labute approximate surface area is 119 Å². The summed E-state index contributed by atoms with van der Waals surface area (Å²) in [6, 6.07) is 5.99. The maximum Gasteiger partial charge on any atom is 0.335 e. The van der Waals surface area contributed by atoms with E-state index in [0.717, 1.165) is 11.3 Å². The molecule has 0 saturated carbocycles. The molecule has 0 aliphatic heterocycles. The lowest BCUT2D eigenvalue weighted by atomic mass is 10.1. The Morgan fingerprint density at radius 2 is 2.00 bits per heavy atom. The fourth-order valence-corrected chi connectivity index (χ4v) is 2.18. The molecule has 0 saturated heterocycles. The predicted molar refractivity (Wildman–Crippen MR) is 76.1 cm³/mol. The minimum absolute atomic E-state index is 0.219. The smallest absolute Gasteiger partial charge is 0.335 e. The summed E-state index contributed by atoms with van der Waals surface area (Å²) < 4.78 is 0. The number of carboxylic acids is 1. The molecule has 1 aromatic carbocycles. The summed E-state index contributed by atoms with van der Waals surface area (Å²) in [5, 5.41) is 16.5. The zero-order chi connectivity index (χ0) is 14.5. The van der Waals surface area contributed by atoms with Crippen LogP contribution in [0.1, 0.15) is 21.6 Å². The van der Waals surface area contributed by atoms with Gasteiger partial charge < -0.3 is 10.4 Å². The molecule has 0 atom stereocenters. The quantitative estimate of drug-likeness (QED) is 0.807. The normalized spacial score (nSPS) is 10.1. The Balaban J connectivity index is 1.85. The van der Waals surface area contributed by atoms with E-state index >= 15 is 0 Å². The molecule has 2 aromatic rings. The number of carboxylic acid groups (broad SMARTS) is 1. The maximum atomic E-state index is 11.6. The number of carbonyl (C=O) groups excluding carboxylic acids is 1. The Morgan fingerprint density at radius 1 is 1.30 bits per heavy atom. The summed E-state index contributed by atoms with van der Waals surface area (Å²) in [7, 11) is 0. The van der Waals surface area contributed by atoms with Crippen molar-refractivity contribution in [2.24, 2.45) is 0 Å². The lowest BCUT2D eigenvalue weighted by molar-refractivity contribution is 0.0697. The molecular weight excluding hydrogens is 278 g/mol. The van der Waals surface area contributed by atoms with Crippen LogP contribution in [0.5, 0.6) is 0 Å². The van der Waals surface area contributed by atoms with Gasteiger partial charge in [0.15, 0.2) is 5.13 Å². The van der Waals surface area contributed by atoms with Gasteiger partial charge in [-0.05, 0) is 24.6 Å². The van der Waals surface area contributed by atoms with Crippen LogP contribution in [0.25, 0.3) is 0 Å². The second-order valence-electron chi connectivity index (χ2n) is 4.10. The van der Waals surface area contributed by atoms with E-state index < -0.39 is 5.97 Å². The van der Waals surface area contributed by atoms with Crippen molar-refractivity contribution in [3.8, 4) is 0 Å². The fraction of sp³-hybridized carbons (Fsp3) is 0.154. The number of aryl methyl sites for hydroxylation is 1. The van der Waals surface area contributed by atoms with E-state index in [9.17, 15) is 9.59 Å². The summed E-state index contributed by atoms with van der Waals surface area (Å²) >= 11 is 1.36. The van der Waals surface area contributed by atoms with Gasteiger partial charge >= 0.3 is 12.0 Å². The van der Waals surface area contributed by atoms with Crippen molar-refractivity contribution in [1.29, 1.82) is 0 Å². The maximum absolute atomic E-state index is 11.6. The Hall–Kier alpha value is -2.41. The molecule has 104 valence electrons. The molecule has 1 heterocycles. The van der Waals surface area contributed by atoms with Crippen molar-refractivity contribution in [1.82, 2.24) is 10.3 Å². The molecular formula is C13H13N3O3S. The topological polar surface area (TPSA) is 91.3 Å². The number of carbonyl (C=O) groups is 2. The average Bonchev–Trinajstić information content (AvgIpc) is 2.82. The molecule has 0 fully saturated rings. The van der Waals surface area contributed by atoms with Gasteiger partial charge in [0.05, 0.1) is 11.3 Å². The van der Waals surface area contributed by atoms with Crippen LogP contribution in [-0.2, 0) is 6.54 Å². The molecule has 6 nitrogen and oxygen atoms in total. The van der Waals surface area contributed by atoms with E-state index in [1.807, 2.05) is 12.3 Å². The molecule has 3 N–H and O–H groups in total. The molecule has 0 spiro atoms. The number of hydrogen-bond donors (Lipinski definition) is 3. The van der Waals surface area contributed by atoms with Crippen molar-refractivity contribution in [2.75, 3.05) is 5.32 Å². The van der Waals surface area contributed by atoms with Crippen LogP contribution in [0.4, 0.5) is 9.93 Å². The summed E-state index contributed by atoms with van der Waals surface area (Å²) in [6.45, 7) is 2.17. The second-order valence-corrected chi connectivity index (χ2v) is 4.96. The fourth-order valence-electron chi connectivity index (χ4n) is 1.50. The number of nitrogens with one attached hydrogen (secondary N) is 2. The predicted octanol–water partition coefficient (Wildman–Crippen LogP) is 2.47. The van der Waals surface area contributed by atoms with E-state index in [1.165, 1.54) is 23.5 Å². The minimum atomic E-state index is -0.971. The van der Waals surface area contributed by atoms with Gasteiger partial charge in [-0.3, -0.25) is 5.32 Å². The third kappa shape index (κ3) is 3.79. The van der Waals surface area contributed by atoms with E-state index in [-0.39, 0.29) is 11.6 Å². The Morgan fingerprint density at radius 3 is 2.55 bits per heavy atom. The number of hydrogen-bond acceptors (Lipinski definition) is 4.